The normalized spacial score (nSPS) is 14.4. The second kappa shape index (κ2) is 14.6. The molecule has 0 unspecified atom stereocenters. The third kappa shape index (κ3) is 8.14. The van der Waals surface area contributed by atoms with Crippen molar-refractivity contribution in [2.45, 2.75) is 84.5 Å². The van der Waals surface area contributed by atoms with Gasteiger partial charge in [0.05, 0.1) is 18.0 Å². The Kier molecular flexibility index (Phi) is 11.2. The maximum atomic E-state index is 16.3. The zero-order valence-corrected chi connectivity index (χ0v) is 28.0. The van der Waals surface area contributed by atoms with Gasteiger partial charge < -0.3 is 19.9 Å². The molecular formula is C36H42F5N3O4. The molecule has 12 heteroatoms. The summed E-state index contributed by atoms with van der Waals surface area (Å²) in [5, 5.41) is 12.5. The summed E-state index contributed by atoms with van der Waals surface area (Å²) in [5.41, 5.74) is 1.32. The summed E-state index contributed by atoms with van der Waals surface area (Å²) in [4.78, 5) is 41.0. The van der Waals surface area contributed by atoms with Crippen molar-refractivity contribution in [3.63, 3.8) is 0 Å². The first-order chi connectivity index (χ1) is 22.4. The summed E-state index contributed by atoms with van der Waals surface area (Å²) >= 11 is 0. The van der Waals surface area contributed by atoms with Crippen LogP contribution < -0.4 is 10.9 Å². The van der Waals surface area contributed by atoms with Gasteiger partial charge in [-0.15, -0.1) is 0 Å². The van der Waals surface area contributed by atoms with Crippen LogP contribution in [-0.2, 0) is 35.0 Å². The number of amides is 1. The van der Waals surface area contributed by atoms with Crippen LogP contribution in [0.5, 0.6) is 0 Å². The third-order valence-corrected chi connectivity index (χ3v) is 8.83. The van der Waals surface area contributed by atoms with Crippen LogP contribution in [0, 0.1) is 31.4 Å². The lowest BCUT2D eigenvalue weighted by molar-refractivity contribution is -0.139. The van der Waals surface area contributed by atoms with E-state index in [2.05, 4.69) is 5.32 Å². The summed E-state index contributed by atoms with van der Waals surface area (Å²) in [6.07, 6.45) is -2.84. The fraction of sp³-hybridized carbons (Fsp3) is 0.472. The summed E-state index contributed by atoms with van der Waals surface area (Å²) < 4.78 is 73.3. The number of rotatable bonds is 12. The van der Waals surface area contributed by atoms with Crippen molar-refractivity contribution in [2.75, 3.05) is 20.6 Å². The van der Waals surface area contributed by atoms with E-state index >= 15 is 4.39 Å². The van der Waals surface area contributed by atoms with Crippen molar-refractivity contribution >= 4 is 11.9 Å². The summed E-state index contributed by atoms with van der Waals surface area (Å²) in [6.45, 7) is 7.26. The summed E-state index contributed by atoms with van der Waals surface area (Å²) in [5.74, 6) is -3.43. The third-order valence-electron chi connectivity index (χ3n) is 8.83. The average Bonchev–Trinajstić information content (AvgIpc) is 3.45. The molecule has 2 atom stereocenters. The first kappa shape index (κ1) is 36.8. The number of carboxylic acids is 1. The van der Waals surface area contributed by atoms with E-state index in [4.69, 9.17) is 0 Å². The molecule has 1 aliphatic rings. The van der Waals surface area contributed by atoms with E-state index in [1.165, 1.54) is 18.2 Å². The van der Waals surface area contributed by atoms with Crippen molar-refractivity contribution in [3.05, 3.63) is 91.4 Å². The molecule has 0 bridgehead atoms. The number of carboxylic acid groups (broad SMARTS) is 1. The van der Waals surface area contributed by atoms with Crippen LogP contribution >= 0.6 is 0 Å². The standard InChI is InChI=1S/C36H42F5N3O4/c1-19(2)12-30(44-18-22(10-11-43(5)6)28(16-31(44)45)36(39,40)41)35(48)42-29(17-32(46)47)27-15-26(24-8-7-9-25(24)34(27)38)33-20(3)13-23(37)14-21(33)4/h13-16,18-19,29-30H,7-12,17H2,1-6H3,(H,42,48)(H,46,47)/t29-,30-/m1/s1. The molecule has 4 rings (SSSR count). The Hall–Kier alpha value is -4.06. The zero-order chi connectivity index (χ0) is 35.7. The number of aryl methyl sites for hydroxylation is 2. The molecule has 0 spiro atoms. The van der Waals surface area contributed by atoms with E-state index in [0.29, 0.717) is 53.1 Å². The maximum absolute atomic E-state index is 16.3. The number of halogens is 5. The van der Waals surface area contributed by atoms with Crippen LogP contribution in [0.1, 0.15) is 84.1 Å². The first-order valence-electron chi connectivity index (χ1n) is 16.0. The number of alkyl halides is 3. The van der Waals surface area contributed by atoms with E-state index in [0.717, 1.165) is 16.3 Å². The Balaban J connectivity index is 1.84. The van der Waals surface area contributed by atoms with Gasteiger partial charge in [-0.25, -0.2) is 8.78 Å². The van der Waals surface area contributed by atoms with Gasteiger partial charge in [0.2, 0.25) is 5.91 Å². The summed E-state index contributed by atoms with van der Waals surface area (Å²) in [6, 6.07) is 2.05. The highest BCUT2D eigenvalue weighted by molar-refractivity contribution is 5.82. The highest BCUT2D eigenvalue weighted by atomic mass is 19.4. The number of carbonyl (C=O) groups excluding carboxylic acids is 1. The number of benzene rings is 2. The second-order valence-corrected chi connectivity index (χ2v) is 13.4. The van der Waals surface area contributed by atoms with Crippen LogP contribution in [0.3, 0.4) is 0 Å². The molecule has 2 aromatic carbocycles. The number of nitrogens with one attached hydrogen (secondary N) is 1. The quantitative estimate of drug-likeness (QED) is 0.203. The van der Waals surface area contributed by atoms with Crippen LogP contribution in [-0.4, -0.2) is 47.1 Å². The van der Waals surface area contributed by atoms with Gasteiger partial charge in [0.25, 0.3) is 5.56 Å². The molecule has 260 valence electrons. The predicted octanol–water partition coefficient (Wildman–Crippen LogP) is 6.94. The van der Waals surface area contributed by atoms with E-state index in [-0.39, 0.29) is 36.4 Å². The molecule has 48 heavy (non-hydrogen) atoms. The topological polar surface area (TPSA) is 91.6 Å². The molecule has 1 heterocycles. The maximum Gasteiger partial charge on any atom is 0.416 e. The minimum Gasteiger partial charge on any atom is -0.481 e. The molecule has 0 radical (unpaired) electrons. The SMILES string of the molecule is Cc1cc(F)cc(C)c1-c1cc([C@@H](CC(=O)O)NC(=O)[C@@H](CC(C)C)n2cc(CCN(C)C)c(C(F)(F)F)cc2=O)c(F)c2c1CCC2. The number of hydrogen-bond donors (Lipinski definition) is 2. The number of carbonyl (C=O) groups is 2. The van der Waals surface area contributed by atoms with Crippen molar-refractivity contribution in [3.8, 4) is 11.1 Å². The highest BCUT2D eigenvalue weighted by Gasteiger charge is 2.36. The highest BCUT2D eigenvalue weighted by Crippen LogP contribution is 2.41. The predicted molar refractivity (Wildman–Crippen MR) is 173 cm³/mol. The molecule has 1 aliphatic carbocycles. The van der Waals surface area contributed by atoms with E-state index < -0.39 is 59.3 Å². The molecule has 1 amide bonds. The molecule has 7 nitrogen and oxygen atoms in total. The number of pyridine rings is 1. The van der Waals surface area contributed by atoms with Crippen LogP contribution in [0.15, 0.2) is 35.3 Å². The minimum atomic E-state index is -4.80. The zero-order valence-electron chi connectivity index (χ0n) is 28.0. The Morgan fingerprint density at radius 2 is 1.65 bits per heavy atom. The number of nitrogens with zero attached hydrogens (tertiary/aromatic N) is 2. The van der Waals surface area contributed by atoms with Crippen LogP contribution in [0.4, 0.5) is 22.0 Å². The van der Waals surface area contributed by atoms with Gasteiger partial charge in [-0.1, -0.05) is 13.8 Å². The number of aromatic nitrogens is 1. The van der Waals surface area contributed by atoms with Gasteiger partial charge in [-0.3, -0.25) is 14.4 Å². The van der Waals surface area contributed by atoms with E-state index in [1.54, 1.807) is 46.7 Å². The van der Waals surface area contributed by atoms with Crippen molar-refractivity contribution in [2.24, 2.45) is 5.92 Å². The Bertz CT molecular complexity index is 1740. The van der Waals surface area contributed by atoms with Gasteiger partial charge in [-0.2, -0.15) is 13.2 Å². The first-order valence-corrected chi connectivity index (χ1v) is 16.0. The smallest absolute Gasteiger partial charge is 0.416 e. The largest absolute Gasteiger partial charge is 0.481 e. The van der Waals surface area contributed by atoms with Gasteiger partial charge in [-0.05, 0) is 123 Å². The minimum absolute atomic E-state index is 0.0376. The van der Waals surface area contributed by atoms with Crippen molar-refractivity contribution < 1.29 is 36.6 Å². The fourth-order valence-corrected chi connectivity index (χ4v) is 6.69. The molecule has 0 fully saturated rings. The molecule has 0 aliphatic heterocycles. The molecular weight excluding hydrogens is 633 g/mol. The van der Waals surface area contributed by atoms with Gasteiger partial charge in [0.15, 0.2) is 0 Å². The van der Waals surface area contributed by atoms with Gasteiger partial charge in [0, 0.05) is 24.4 Å². The lowest BCUT2D eigenvalue weighted by Crippen LogP contribution is -2.41. The molecule has 3 aromatic rings. The van der Waals surface area contributed by atoms with Crippen molar-refractivity contribution in [1.29, 1.82) is 0 Å². The number of aliphatic carboxylic acids is 1. The van der Waals surface area contributed by atoms with Gasteiger partial charge >= 0.3 is 12.1 Å². The molecule has 0 saturated carbocycles. The Morgan fingerprint density at radius 3 is 2.21 bits per heavy atom. The Morgan fingerprint density at radius 1 is 1.02 bits per heavy atom. The van der Waals surface area contributed by atoms with Gasteiger partial charge in [0.1, 0.15) is 17.7 Å². The van der Waals surface area contributed by atoms with Crippen LogP contribution in [0.25, 0.3) is 11.1 Å². The van der Waals surface area contributed by atoms with E-state index in [9.17, 15) is 37.1 Å². The van der Waals surface area contributed by atoms with Crippen LogP contribution in [0.2, 0.25) is 0 Å². The number of hydrogen-bond acceptors (Lipinski definition) is 4. The number of likely N-dealkylation sites (N-methyl/N-ethyl adjacent to an activating group) is 1. The van der Waals surface area contributed by atoms with Crippen molar-refractivity contribution in [1.82, 2.24) is 14.8 Å². The van der Waals surface area contributed by atoms with E-state index in [1.807, 2.05) is 0 Å². The number of fused-ring (bicyclic) bond motifs is 1. The fourth-order valence-electron chi connectivity index (χ4n) is 6.69. The average molecular weight is 676 g/mol. The molecule has 0 saturated heterocycles. The lowest BCUT2D eigenvalue weighted by Gasteiger charge is -2.27. The monoisotopic (exact) mass is 675 g/mol. The molecule has 1 aromatic heterocycles. The second-order valence-electron chi connectivity index (χ2n) is 13.4. The Labute approximate surface area is 276 Å². The summed E-state index contributed by atoms with van der Waals surface area (Å²) in [7, 11) is 3.40. The molecule has 2 N–H and O–H groups in total. The lowest BCUT2D eigenvalue weighted by atomic mass is 9.86.